The number of hydrogen-bond donors (Lipinski definition) is 1. The Kier molecular flexibility index (Phi) is 7.11. The lowest BCUT2D eigenvalue weighted by Crippen LogP contribution is -2.40. The van der Waals surface area contributed by atoms with Gasteiger partial charge in [0.05, 0.1) is 19.6 Å². The zero-order valence-corrected chi connectivity index (χ0v) is 20.8. The monoisotopic (exact) mass is 493 g/mol. The lowest BCUT2D eigenvalue weighted by molar-refractivity contribution is 0.0599. The summed E-state index contributed by atoms with van der Waals surface area (Å²) in [5.41, 5.74) is 1.92. The van der Waals surface area contributed by atoms with E-state index < -0.39 is 6.10 Å². The van der Waals surface area contributed by atoms with E-state index in [1.807, 2.05) is 30.3 Å². The first kappa shape index (κ1) is 24.1. The molecule has 5 rings (SSSR count). The molecule has 9 nitrogen and oxygen atoms in total. The summed E-state index contributed by atoms with van der Waals surface area (Å²) in [6.07, 6.45) is 1.44. The van der Waals surface area contributed by atoms with E-state index in [2.05, 4.69) is 27.2 Å². The number of aliphatic hydroxyl groups excluding tert-OH is 1. The molecule has 9 heteroatoms. The number of fused-ring (bicyclic) bond motifs is 1. The summed E-state index contributed by atoms with van der Waals surface area (Å²) >= 11 is 0. The van der Waals surface area contributed by atoms with Crippen molar-refractivity contribution < 1.29 is 28.2 Å². The number of rotatable bonds is 9. The topological polar surface area (TPSA) is 103 Å². The highest BCUT2D eigenvalue weighted by molar-refractivity contribution is 5.87. The van der Waals surface area contributed by atoms with Gasteiger partial charge in [-0.2, -0.15) is 0 Å². The molecule has 0 radical (unpaired) electrons. The molecule has 4 aromatic rings. The third-order valence-electron chi connectivity index (χ3n) is 6.63. The van der Waals surface area contributed by atoms with Gasteiger partial charge in [0.1, 0.15) is 24.0 Å². The molecule has 1 atom stereocenters. The Hall–Kier alpha value is -3.56. The third kappa shape index (κ3) is 5.17. The van der Waals surface area contributed by atoms with Gasteiger partial charge in [0.25, 0.3) is 5.89 Å². The largest absolute Gasteiger partial charge is 0.493 e. The van der Waals surface area contributed by atoms with E-state index in [-0.39, 0.29) is 6.61 Å². The summed E-state index contributed by atoms with van der Waals surface area (Å²) in [6.45, 7) is 4.32. The molecule has 1 unspecified atom stereocenters. The van der Waals surface area contributed by atoms with Crippen LogP contribution in [-0.4, -0.2) is 66.8 Å². The fraction of sp³-hybridized carbons (Fsp3) is 0.407. The Morgan fingerprint density at radius 1 is 1.00 bits per heavy atom. The van der Waals surface area contributed by atoms with Crippen LogP contribution in [-0.2, 0) is 0 Å². The number of nitrogens with zero attached hydrogens (tertiary/aromatic N) is 3. The second-order valence-corrected chi connectivity index (χ2v) is 9.06. The highest BCUT2D eigenvalue weighted by Gasteiger charge is 2.24. The van der Waals surface area contributed by atoms with Crippen LogP contribution in [0.4, 0.5) is 0 Å². The first-order chi connectivity index (χ1) is 17.5. The molecule has 0 bridgehead atoms. The van der Waals surface area contributed by atoms with Crippen LogP contribution in [0.25, 0.3) is 22.6 Å². The van der Waals surface area contributed by atoms with E-state index in [1.54, 1.807) is 21.1 Å². The molecule has 2 aromatic heterocycles. The summed E-state index contributed by atoms with van der Waals surface area (Å²) in [4.78, 5) is 2.29. The van der Waals surface area contributed by atoms with Crippen LogP contribution in [0.15, 0.2) is 51.3 Å². The number of methoxy groups -OCH3 is 2. The molecule has 3 heterocycles. The summed E-state index contributed by atoms with van der Waals surface area (Å²) < 4.78 is 28.1. The molecule has 0 saturated carbocycles. The van der Waals surface area contributed by atoms with Crippen molar-refractivity contribution in [3.05, 3.63) is 53.9 Å². The van der Waals surface area contributed by atoms with Crippen molar-refractivity contribution in [3.8, 4) is 28.9 Å². The Morgan fingerprint density at radius 2 is 1.81 bits per heavy atom. The molecule has 0 aliphatic carbocycles. The molecular weight excluding hydrogens is 462 g/mol. The number of aromatic nitrogens is 2. The van der Waals surface area contributed by atoms with Crippen molar-refractivity contribution in [1.29, 1.82) is 0 Å². The molecule has 1 saturated heterocycles. The van der Waals surface area contributed by atoms with E-state index in [1.165, 1.54) is 5.56 Å². The van der Waals surface area contributed by atoms with Crippen LogP contribution in [0.2, 0.25) is 0 Å². The minimum absolute atomic E-state index is 0.189. The minimum Gasteiger partial charge on any atom is -0.493 e. The maximum absolute atomic E-state index is 10.7. The van der Waals surface area contributed by atoms with Crippen molar-refractivity contribution in [1.82, 2.24) is 15.1 Å². The van der Waals surface area contributed by atoms with Gasteiger partial charge >= 0.3 is 0 Å². The van der Waals surface area contributed by atoms with Crippen molar-refractivity contribution in [2.45, 2.75) is 31.8 Å². The average molecular weight is 494 g/mol. The molecular formula is C27H31N3O6. The number of furan rings is 1. The highest BCUT2D eigenvalue weighted by Crippen LogP contribution is 2.35. The molecule has 190 valence electrons. The predicted octanol–water partition coefficient (Wildman–Crippen LogP) is 4.43. The molecule has 1 fully saturated rings. The van der Waals surface area contributed by atoms with Gasteiger partial charge in [0.15, 0.2) is 17.3 Å². The number of β-amino-alcohol motifs (C(OH)–C–C–N with tert-alkyl or cyclic N) is 1. The van der Waals surface area contributed by atoms with E-state index in [0.29, 0.717) is 41.3 Å². The second kappa shape index (κ2) is 10.6. The van der Waals surface area contributed by atoms with Crippen LogP contribution in [0.3, 0.4) is 0 Å². The fourth-order valence-corrected chi connectivity index (χ4v) is 4.75. The van der Waals surface area contributed by atoms with E-state index in [0.717, 1.165) is 42.8 Å². The normalized spacial score (nSPS) is 15.8. The Balaban J connectivity index is 1.15. The van der Waals surface area contributed by atoms with Gasteiger partial charge in [-0.15, -0.1) is 10.2 Å². The fourth-order valence-electron chi connectivity index (χ4n) is 4.75. The van der Waals surface area contributed by atoms with Crippen molar-refractivity contribution >= 4 is 11.0 Å². The number of benzene rings is 2. The van der Waals surface area contributed by atoms with Crippen LogP contribution in [0, 0.1) is 6.92 Å². The average Bonchev–Trinajstić information content (AvgIpc) is 3.54. The number of aliphatic hydroxyl groups is 1. The summed E-state index contributed by atoms with van der Waals surface area (Å²) in [5.74, 6) is 3.89. The maximum Gasteiger partial charge on any atom is 0.283 e. The SMILES string of the molecule is COc1ccc(C2CCN(CC(O)COc3cccc4oc(-c5nnc(C)o5)cc34)CC2)cc1OC. The van der Waals surface area contributed by atoms with E-state index in [9.17, 15) is 5.11 Å². The number of piperidine rings is 1. The smallest absolute Gasteiger partial charge is 0.283 e. The zero-order chi connectivity index (χ0) is 25.1. The number of likely N-dealkylation sites (tertiary alicyclic amines) is 1. The highest BCUT2D eigenvalue weighted by atomic mass is 16.5. The van der Waals surface area contributed by atoms with Gasteiger partial charge in [-0.1, -0.05) is 12.1 Å². The minimum atomic E-state index is -0.608. The van der Waals surface area contributed by atoms with Gasteiger partial charge in [0, 0.05) is 19.5 Å². The van der Waals surface area contributed by atoms with Crippen LogP contribution in [0.1, 0.15) is 30.2 Å². The second-order valence-electron chi connectivity index (χ2n) is 9.06. The third-order valence-corrected chi connectivity index (χ3v) is 6.63. The first-order valence-corrected chi connectivity index (χ1v) is 12.1. The van der Waals surface area contributed by atoms with Gasteiger partial charge in [-0.3, -0.25) is 0 Å². The van der Waals surface area contributed by atoms with Crippen molar-refractivity contribution in [2.24, 2.45) is 0 Å². The molecule has 1 N–H and O–H groups in total. The standard InChI is InChI=1S/C27H31N3O6/c1-17-28-29-27(35-17)26-14-21-22(5-4-6-23(21)36-26)34-16-20(31)15-30-11-9-18(10-12-30)19-7-8-24(32-2)25(13-19)33-3/h4-8,13-14,18,20,31H,9-12,15-16H2,1-3H3. The van der Waals surface area contributed by atoms with Gasteiger partial charge in [0.2, 0.25) is 5.89 Å². The summed E-state index contributed by atoms with van der Waals surface area (Å²) in [5, 5.41) is 19.3. The molecule has 0 amide bonds. The van der Waals surface area contributed by atoms with Crippen molar-refractivity contribution in [2.75, 3.05) is 40.5 Å². The van der Waals surface area contributed by atoms with Gasteiger partial charge in [-0.05, 0) is 61.7 Å². The Bertz CT molecular complexity index is 1310. The molecule has 0 spiro atoms. The predicted molar refractivity (Wildman–Crippen MR) is 134 cm³/mol. The van der Waals surface area contributed by atoms with Gasteiger partial charge in [-0.25, -0.2) is 0 Å². The number of ether oxygens (including phenoxy) is 3. The molecule has 2 aromatic carbocycles. The quantitative estimate of drug-likeness (QED) is 0.363. The van der Waals surface area contributed by atoms with Crippen LogP contribution in [0.5, 0.6) is 17.2 Å². The lowest BCUT2D eigenvalue weighted by atomic mass is 9.89. The molecule has 1 aliphatic heterocycles. The van der Waals surface area contributed by atoms with Crippen molar-refractivity contribution in [3.63, 3.8) is 0 Å². The molecule has 1 aliphatic rings. The zero-order valence-electron chi connectivity index (χ0n) is 20.8. The summed E-state index contributed by atoms with van der Waals surface area (Å²) in [7, 11) is 3.31. The number of hydrogen-bond acceptors (Lipinski definition) is 9. The van der Waals surface area contributed by atoms with Gasteiger partial charge < -0.3 is 33.1 Å². The number of aryl methyl sites for hydroxylation is 1. The van der Waals surface area contributed by atoms with Crippen LogP contribution >= 0.6 is 0 Å². The Morgan fingerprint density at radius 3 is 2.53 bits per heavy atom. The first-order valence-electron chi connectivity index (χ1n) is 12.1. The Labute approximate surface area is 209 Å². The van der Waals surface area contributed by atoms with E-state index >= 15 is 0 Å². The van der Waals surface area contributed by atoms with Crippen LogP contribution < -0.4 is 14.2 Å². The summed E-state index contributed by atoms with van der Waals surface area (Å²) in [6, 6.07) is 13.6. The molecule has 36 heavy (non-hydrogen) atoms. The maximum atomic E-state index is 10.7. The lowest BCUT2D eigenvalue weighted by Gasteiger charge is -2.33. The van der Waals surface area contributed by atoms with E-state index in [4.69, 9.17) is 23.0 Å².